The van der Waals surface area contributed by atoms with Gasteiger partial charge in [-0.3, -0.25) is 4.79 Å². The highest BCUT2D eigenvalue weighted by Crippen LogP contribution is 2.24. The molecule has 0 unspecified atom stereocenters. The summed E-state index contributed by atoms with van der Waals surface area (Å²) in [6, 6.07) is 20.0. The summed E-state index contributed by atoms with van der Waals surface area (Å²) >= 11 is 6.15. The number of anilines is 1. The maximum atomic E-state index is 13.7. The predicted molar refractivity (Wildman–Crippen MR) is 145 cm³/mol. The molecule has 3 aromatic rings. The van der Waals surface area contributed by atoms with E-state index in [0.717, 1.165) is 16.8 Å². The maximum Gasteiger partial charge on any atom is 0.241 e. The van der Waals surface area contributed by atoms with Crippen LogP contribution in [0.1, 0.15) is 22.3 Å². The third-order valence-corrected chi connectivity index (χ3v) is 8.53. The number of halogens is 1. The standard InChI is InChI=1S/C28H32ClN3O3S/c1-20-16-21(2)27(22(3)17-20)36(34,35)30-26(18-23-8-5-4-6-9-23)28(33)32-14-12-31(13-15-32)25-11-7-10-24(29)19-25/h4-11,16-17,19,26,30H,12-15,18H2,1-3H3/t26-/m1/s1. The lowest BCUT2D eigenvalue weighted by molar-refractivity contribution is -0.133. The number of hydrogen-bond acceptors (Lipinski definition) is 4. The molecule has 1 saturated heterocycles. The van der Waals surface area contributed by atoms with Crippen LogP contribution < -0.4 is 9.62 Å². The molecule has 0 bridgehead atoms. The number of carbonyl (C=O) groups is 1. The zero-order chi connectivity index (χ0) is 25.9. The van der Waals surface area contributed by atoms with Gasteiger partial charge in [-0.15, -0.1) is 0 Å². The number of nitrogens with one attached hydrogen (secondary N) is 1. The molecule has 1 amide bonds. The second-order valence-electron chi connectivity index (χ2n) is 9.38. The van der Waals surface area contributed by atoms with Gasteiger partial charge in [-0.05, 0) is 62.1 Å². The van der Waals surface area contributed by atoms with E-state index < -0.39 is 16.1 Å². The van der Waals surface area contributed by atoms with E-state index in [2.05, 4.69) is 9.62 Å². The zero-order valence-corrected chi connectivity index (χ0v) is 22.4. The van der Waals surface area contributed by atoms with Crippen LogP contribution in [-0.4, -0.2) is 51.4 Å². The second-order valence-corrected chi connectivity index (χ2v) is 11.5. The highest BCUT2D eigenvalue weighted by molar-refractivity contribution is 7.89. The largest absolute Gasteiger partial charge is 0.368 e. The van der Waals surface area contributed by atoms with E-state index in [1.165, 1.54) is 0 Å². The predicted octanol–water partition coefficient (Wildman–Crippen LogP) is 4.50. The molecule has 36 heavy (non-hydrogen) atoms. The van der Waals surface area contributed by atoms with E-state index in [9.17, 15) is 13.2 Å². The number of carbonyl (C=O) groups excluding carboxylic acids is 1. The molecule has 8 heteroatoms. The van der Waals surface area contributed by atoms with Crippen molar-refractivity contribution >= 4 is 33.2 Å². The van der Waals surface area contributed by atoms with Crippen LogP contribution in [0, 0.1) is 20.8 Å². The van der Waals surface area contributed by atoms with Crippen molar-refractivity contribution in [3.63, 3.8) is 0 Å². The quantitative estimate of drug-likeness (QED) is 0.493. The molecule has 0 saturated carbocycles. The van der Waals surface area contributed by atoms with Crippen LogP contribution in [0.4, 0.5) is 5.69 Å². The van der Waals surface area contributed by atoms with Gasteiger partial charge in [0.15, 0.2) is 0 Å². The van der Waals surface area contributed by atoms with Crippen molar-refractivity contribution in [1.29, 1.82) is 0 Å². The molecule has 1 aliphatic rings. The summed E-state index contributed by atoms with van der Waals surface area (Å²) in [6.07, 6.45) is 0.275. The van der Waals surface area contributed by atoms with Crippen LogP contribution in [0.25, 0.3) is 0 Å². The van der Waals surface area contributed by atoms with Gasteiger partial charge in [-0.1, -0.05) is 65.7 Å². The van der Waals surface area contributed by atoms with Crippen molar-refractivity contribution in [2.24, 2.45) is 0 Å². The van der Waals surface area contributed by atoms with Gasteiger partial charge in [0.1, 0.15) is 6.04 Å². The van der Waals surface area contributed by atoms with Gasteiger partial charge in [0.25, 0.3) is 0 Å². The Hall–Kier alpha value is -2.87. The third kappa shape index (κ3) is 6.09. The summed E-state index contributed by atoms with van der Waals surface area (Å²) in [5.74, 6) is -0.212. The Kier molecular flexibility index (Phi) is 8.03. The Morgan fingerprint density at radius 2 is 1.56 bits per heavy atom. The molecule has 0 spiro atoms. The van der Waals surface area contributed by atoms with Crippen molar-refractivity contribution in [2.75, 3.05) is 31.1 Å². The summed E-state index contributed by atoms with van der Waals surface area (Å²) in [4.78, 5) is 17.9. The Morgan fingerprint density at radius 3 is 2.17 bits per heavy atom. The van der Waals surface area contributed by atoms with Crippen LogP contribution in [0.2, 0.25) is 5.02 Å². The highest BCUT2D eigenvalue weighted by Gasteiger charge is 2.32. The van der Waals surface area contributed by atoms with Crippen LogP contribution in [0.15, 0.2) is 71.6 Å². The molecular formula is C28H32ClN3O3S. The van der Waals surface area contributed by atoms with Crippen molar-refractivity contribution in [3.05, 3.63) is 94.0 Å². The lowest BCUT2D eigenvalue weighted by Crippen LogP contribution is -2.55. The molecule has 1 fully saturated rings. The molecule has 1 heterocycles. The molecule has 0 aromatic heterocycles. The number of piperazine rings is 1. The van der Waals surface area contributed by atoms with Crippen LogP contribution in [-0.2, 0) is 21.2 Å². The Balaban J connectivity index is 1.55. The molecule has 1 atom stereocenters. The fourth-order valence-electron chi connectivity index (χ4n) is 4.94. The van der Waals surface area contributed by atoms with E-state index in [0.29, 0.717) is 42.3 Å². The number of sulfonamides is 1. The van der Waals surface area contributed by atoms with E-state index >= 15 is 0 Å². The normalized spacial score (nSPS) is 15.1. The lowest BCUT2D eigenvalue weighted by Gasteiger charge is -2.37. The van der Waals surface area contributed by atoms with Crippen molar-refractivity contribution in [1.82, 2.24) is 9.62 Å². The summed E-state index contributed by atoms with van der Waals surface area (Å²) < 4.78 is 29.8. The Labute approximate surface area is 218 Å². The first-order chi connectivity index (χ1) is 17.1. The van der Waals surface area contributed by atoms with Crippen LogP contribution >= 0.6 is 11.6 Å². The number of nitrogens with zero attached hydrogens (tertiary/aromatic N) is 2. The second kappa shape index (κ2) is 11.0. The Bertz CT molecular complexity index is 1310. The molecule has 6 nitrogen and oxygen atoms in total. The molecule has 0 radical (unpaired) electrons. The minimum absolute atomic E-state index is 0.212. The summed E-state index contributed by atoms with van der Waals surface area (Å²) in [5, 5.41) is 0.671. The smallest absolute Gasteiger partial charge is 0.241 e. The Morgan fingerprint density at radius 1 is 0.917 bits per heavy atom. The minimum atomic E-state index is -3.92. The van der Waals surface area contributed by atoms with Crippen molar-refractivity contribution in [2.45, 2.75) is 38.1 Å². The van der Waals surface area contributed by atoms with Gasteiger partial charge in [0, 0.05) is 36.9 Å². The van der Waals surface area contributed by atoms with Gasteiger partial charge >= 0.3 is 0 Å². The van der Waals surface area contributed by atoms with Crippen LogP contribution in [0.3, 0.4) is 0 Å². The van der Waals surface area contributed by atoms with E-state index in [1.54, 1.807) is 18.7 Å². The van der Waals surface area contributed by atoms with Gasteiger partial charge in [0.2, 0.25) is 15.9 Å². The fraction of sp³-hybridized carbons (Fsp3) is 0.321. The van der Waals surface area contributed by atoms with Gasteiger partial charge in [-0.25, -0.2) is 8.42 Å². The molecule has 1 aliphatic heterocycles. The number of hydrogen-bond donors (Lipinski definition) is 1. The topological polar surface area (TPSA) is 69.7 Å². The van der Waals surface area contributed by atoms with E-state index in [1.807, 2.05) is 73.7 Å². The van der Waals surface area contributed by atoms with Crippen molar-refractivity contribution < 1.29 is 13.2 Å². The lowest BCUT2D eigenvalue weighted by atomic mass is 10.1. The fourth-order valence-corrected chi connectivity index (χ4v) is 6.77. The first kappa shape index (κ1) is 26.2. The number of benzene rings is 3. The number of rotatable bonds is 7. The summed E-state index contributed by atoms with van der Waals surface area (Å²) in [6.45, 7) is 7.81. The minimum Gasteiger partial charge on any atom is -0.368 e. The third-order valence-electron chi connectivity index (χ3n) is 6.52. The van der Waals surface area contributed by atoms with Crippen molar-refractivity contribution in [3.8, 4) is 0 Å². The number of aryl methyl sites for hydroxylation is 3. The first-order valence-electron chi connectivity index (χ1n) is 12.1. The molecule has 3 aromatic carbocycles. The molecule has 190 valence electrons. The molecule has 4 rings (SSSR count). The molecule has 1 N–H and O–H groups in total. The van der Waals surface area contributed by atoms with Gasteiger partial charge in [-0.2, -0.15) is 4.72 Å². The van der Waals surface area contributed by atoms with Crippen LogP contribution in [0.5, 0.6) is 0 Å². The van der Waals surface area contributed by atoms with E-state index in [-0.39, 0.29) is 17.2 Å². The van der Waals surface area contributed by atoms with Gasteiger partial charge < -0.3 is 9.80 Å². The van der Waals surface area contributed by atoms with Gasteiger partial charge in [0.05, 0.1) is 4.90 Å². The number of amides is 1. The molecule has 0 aliphatic carbocycles. The molecular weight excluding hydrogens is 494 g/mol. The SMILES string of the molecule is Cc1cc(C)c(S(=O)(=O)N[C@H](Cc2ccccc2)C(=O)N2CCN(c3cccc(Cl)c3)CC2)c(C)c1. The van der Waals surface area contributed by atoms with E-state index in [4.69, 9.17) is 11.6 Å². The monoisotopic (exact) mass is 525 g/mol. The highest BCUT2D eigenvalue weighted by atomic mass is 35.5. The maximum absolute atomic E-state index is 13.7. The average Bonchev–Trinajstić information content (AvgIpc) is 2.83. The zero-order valence-electron chi connectivity index (χ0n) is 20.9. The summed E-state index contributed by atoms with van der Waals surface area (Å²) in [5.41, 5.74) is 4.25. The average molecular weight is 526 g/mol. The summed E-state index contributed by atoms with van der Waals surface area (Å²) in [7, 11) is -3.92. The first-order valence-corrected chi connectivity index (χ1v) is 13.9.